The Balaban J connectivity index is 1.89. The fourth-order valence-electron chi connectivity index (χ4n) is 1.85. The first-order valence-electron chi connectivity index (χ1n) is 6.47. The summed E-state index contributed by atoms with van der Waals surface area (Å²) < 4.78 is 5.33. The van der Waals surface area contributed by atoms with Gasteiger partial charge in [-0.15, -0.1) is 0 Å². The van der Waals surface area contributed by atoms with Gasteiger partial charge in [-0.25, -0.2) is 0 Å². The van der Waals surface area contributed by atoms with E-state index >= 15 is 0 Å². The van der Waals surface area contributed by atoms with E-state index in [1.54, 1.807) is 0 Å². The minimum atomic E-state index is -0.188. The number of hydrogen-bond donors (Lipinski definition) is 0. The molecule has 0 spiro atoms. The fraction of sp³-hybridized carbons (Fsp3) is 0.235. The third-order valence-corrected chi connectivity index (χ3v) is 3.17. The molecular formula is C17H18O2. The van der Waals surface area contributed by atoms with E-state index < -0.39 is 0 Å². The molecule has 98 valence electrons. The maximum Gasteiger partial charge on any atom is 0.311 e. The minimum Gasteiger partial charge on any atom is -0.427 e. The second-order valence-corrected chi connectivity index (χ2v) is 4.71. The molecule has 2 nitrogen and oxygen atoms in total. The first-order chi connectivity index (χ1) is 9.15. The molecule has 0 saturated carbocycles. The molecule has 2 heteroatoms. The van der Waals surface area contributed by atoms with Crippen LogP contribution in [0.3, 0.4) is 0 Å². The molecule has 2 rings (SSSR count). The molecule has 2 aromatic carbocycles. The van der Waals surface area contributed by atoms with Crippen LogP contribution in [0.5, 0.6) is 5.75 Å². The first kappa shape index (κ1) is 13.3. The van der Waals surface area contributed by atoms with Crippen molar-refractivity contribution in [2.75, 3.05) is 0 Å². The summed E-state index contributed by atoms with van der Waals surface area (Å²) in [6.45, 7) is 4.05. The Bertz CT molecular complexity index is 559. The van der Waals surface area contributed by atoms with Crippen molar-refractivity contribution < 1.29 is 9.53 Å². The van der Waals surface area contributed by atoms with Gasteiger partial charge in [-0.2, -0.15) is 0 Å². The lowest BCUT2D eigenvalue weighted by Crippen LogP contribution is -2.09. The average Bonchev–Trinajstić information content (AvgIpc) is 2.42. The van der Waals surface area contributed by atoms with Gasteiger partial charge in [0.1, 0.15) is 5.75 Å². The number of carbonyl (C=O) groups excluding carboxylic acids is 1. The summed E-state index contributed by atoms with van der Waals surface area (Å²) in [7, 11) is 0. The lowest BCUT2D eigenvalue weighted by molar-refractivity contribution is -0.134. The van der Waals surface area contributed by atoms with E-state index in [0.29, 0.717) is 18.6 Å². The van der Waals surface area contributed by atoms with E-state index in [2.05, 4.69) is 0 Å². The van der Waals surface area contributed by atoms with Crippen molar-refractivity contribution in [2.45, 2.75) is 26.7 Å². The van der Waals surface area contributed by atoms with Crippen molar-refractivity contribution in [3.63, 3.8) is 0 Å². The number of carbonyl (C=O) groups is 1. The van der Waals surface area contributed by atoms with Crippen LogP contribution < -0.4 is 4.74 Å². The SMILES string of the molecule is Cc1ccc(OC(=O)CCc2ccccc2)cc1C. The number of esters is 1. The van der Waals surface area contributed by atoms with Crippen LogP contribution in [0.2, 0.25) is 0 Å². The molecule has 0 aliphatic carbocycles. The van der Waals surface area contributed by atoms with E-state index in [1.807, 2.05) is 62.4 Å². The third-order valence-electron chi connectivity index (χ3n) is 3.17. The molecule has 2 aromatic rings. The summed E-state index contributed by atoms with van der Waals surface area (Å²) in [5.74, 6) is 0.438. The van der Waals surface area contributed by atoms with Gasteiger partial charge < -0.3 is 4.74 Å². The van der Waals surface area contributed by atoms with Gasteiger partial charge in [0.25, 0.3) is 0 Å². The van der Waals surface area contributed by atoms with Gasteiger partial charge in [-0.05, 0) is 49.1 Å². The fourth-order valence-corrected chi connectivity index (χ4v) is 1.85. The minimum absolute atomic E-state index is 0.188. The highest BCUT2D eigenvalue weighted by Crippen LogP contribution is 2.17. The van der Waals surface area contributed by atoms with Gasteiger partial charge >= 0.3 is 5.97 Å². The van der Waals surface area contributed by atoms with Crippen LogP contribution in [0.4, 0.5) is 0 Å². The average molecular weight is 254 g/mol. The standard InChI is InChI=1S/C17H18O2/c1-13-8-10-16(12-14(13)2)19-17(18)11-9-15-6-4-3-5-7-15/h3-8,10,12H,9,11H2,1-2H3. The molecule has 0 aliphatic rings. The van der Waals surface area contributed by atoms with Crippen LogP contribution in [0, 0.1) is 13.8 Å². The van der Waals surface area contributed by atoms with E-state index in [-0.39, 0.29) is 5.97 Å². The number of hydrogen-bond acceptors (Lipinski definition) is 2. The maximum absolute atomic E-state index is 11.8. The van der Waals surface area contributed by atoms with Crippen molar-refractivity contribution in [1.82, 2.24) is 0 Å². The molecule has 0 unspecified atom stereocenters. The Morgan fingerprint density at radius 3 is 2.42 bits per heavy atom. The van der Waals surface area contributed by atoms with E-state index in [4.69, 9.17) is 4.74 Å². The van der Waals surface area contributed by atoms with E-state index in [1.165, 1.54) is 5.56 Å². The number of benzene rings is 2. The Hall–Kier alpha value is -2.09. The van der Waals surface area contributed by atoms with Crippen LogP contribution >= 0.6 is 0 Å². The summed E-state index contributed by atoms with van der Waals surface area (Å²) in [5.41, 5.74) is 3.48. The third kappa shape index (κ3) is 3.95. The molecule has 0 amide bonds. The zero-order chi connectivity index (χ0) is 13.7. The summed E-state index contributed by atoms with van der Waals surface area (Å²) in [4.78, 5) is 11.8. The topological polar surface area (TPSA) is 26.3 Å². The zero-order valence-electron chi connectivity index (χ0n) is 11.3. The van der Waals surface area contributed by atoms with Crippen LogP contribution in [0.25, 0.3) is 0 Å². The highest BCUT2D eigenvalue weighted by atomic mass is 16.5. The smallest absolute Gasteiger partial charge is 0.311 e. The van der Waals surface area contributed by atoms with E-state index in [9.17, 15) is 4.79 Å². The molecule has 0 radical (unpaired) electrons. The predicted molar refractivity (Wildman–Crippen MR) is 76.3 cm³/mol. The first-order valence-corrected chi connectivity index (χ1v) is 6.47. The Kier molecular flexibility index (Phi) is 4.35. The van der Waals surface area contributed by atoms with Crippen LogP contribution in [0.1, 0.15) is 23.1 Å². The second kappa shape index (κ2) is 6.19. The van der Waals surface area contributed by atoms with Gasteiger partial charge in [-0.1, -0.05) is 36.4 Å². The lowest BCUT2D eigenvalue weighted by Gasteiger charge is -2.06. The molecule has 0 saturated heterocycles. The quantitative estimate of drug-likeness (QED) is 0.612. The van der Waals surface area contributed by atoms with Crippen LogP contribution in [-0.4, -0.2) is 5.97 Å². The maximum atomic E-state index is 11.8. The molecule has 0 atom stereocenters. The van der Waals surface area contributed by atoms with Crippen LogP contribution in [-0.2, 0) is 11.2 Å². The van der Waals surface area contributed by atoms with Gasteiger partial charge in [0.2, 0.25) is 0 Å². The Morgan fingerprint density at radius 1 is 1.00 bits per heavy atom. The largest absolute Gasteiger partial charge is 0.427 e. The van der Waals surface area contributed by atoms with Gasteiger partial charge in [0, 0.05) is 6.42 Å². The van der Waals surface area contributed by atoms with Crippen molar-refractivity contribution in [3.05, 3.63) is 65.2 Å². The molecular weight excluding hydrogens is 236 g/mol. The molecule has 19 heavy (non-hydrogen) atoms. The number of aryl methyl sites for hydroxylation is 3. The van der Waals surface area contributed by atoms with Gasteiger partial charge in [0.05, 0.1) is 0 Å². The van der Waals surface area contributed by atoms with E-state index in [0.717, 1.165) is 11.1 Å². The van der Waals surface area contributed by atoms with Crippen molar-refractivity contribution >= 4 is 5.97 Å². The molecule has 0 aromatic heterocycles. The molecule has 0 bridgehead atoms. The zero-order valence-corrected chi connectivity index (χ0v) is 11.3. The lowest BCUT2D eigenvalue weighted by atomic mass is 10.1. The number of rotatable bonds is 4. The molecule has 0 aliphatic heterocycles. The molecule has 0 heterocycles. The number of ether oxygens (including phenoxy) is 1. The Labute approximate surface area is 114 Å². The normalized spacial score (nSPS) is 10.2. The van der Waals surface area contributed by atoms with Gasteiger partial charge in [-0.3, -0.25) is 4.79 Å². The van der Waals surface area contributed by atoms with Crippen molar-refractivity contribution in [2.24, 2.45) is 0 Å². The van der Waals surface area contributed by atoms with Crippen molar-refractivity contribution in [1.29, 1.82) is 0 Å². The summed E-state index contributed by atoms with van der Waals surface area (Å²) in [6, 6.07) is 15.7. The monoisotopic (exact) mass is 254 g/mol. The van der Waals surface area contributed by atoms with Gasteiger partial charge in [0.15, 0.2) is 0 Å². The summed E-state index contributed by atoms with van der Waals surface area (Å²) >= 11 is 0. The Morgan fingerprint density at radius 2 is 1.74 bits per heavy atom. The molecule has 0 N–H and O–H groups in total. The molecule has 0 fully saturated rings. The van der Waals surface area contributed by atoms with Crippen LogP contribution in [0.15, 0.2) is 48.5 Å². The highest BCUT2D eigenvalue weighted by Gasteiger charge is 2.06. The van der Waals surface area contributed by atoms with Crippen molar-refractivity contribution in [3.8, 4) is 5.75 Å². The highest BCUT2D eigenvalue weighted by molar-refractivity contribution is 5.72. The summed E-state index contributed by atoms with van der Waals surface area (Å²) in [5, 5.41) is 0. The summed E-state index contributed by atoms with van der Waals surface area (Å²) in [6.07, 6.45) is 1.11. The second-order valence-electron chi connectivity index (χ2n) is 4.71. The predicted octanol–water partition coefficient (Wildman–Crippen LogP) is 3.84.